The van der Waals surface area contributed by atoms with E-state index in [9.17, 15) is 0 Å². The van der Waals surface area contributed by atoms with Crippen molar-refractivity contribution in [1.82, 2.24) is 0 Å². The van der Waals surface area contributed by atoms with Crippen LogP contribution in [0.2, 0.25) is 0 Å². The van der Waals surface area contributed by atoms with E-state index in [2.05, 4.69) is 254 Å². The third-order valence-electron chi connectivity index (χ3n) is 12.1. The van der Waals surface area contributed by atoms with Crippen LogP contribution in [0.15, 0.2) is 249 Å². The summed E-state index contributed by atoms with van der Waals surface area (Å²) in [7, 11) is 0. The number of benzene rings is 11. The van der Waals surface area contributed by atoms with E-state index in [1.807, 2.05) is 0 Å². The minimum Gasteiger partial charge on any atom is -0.309 e. The Hall–Kier alpha value is -8.00. The average molecular weight is 776 g/mol. The highest BCUT2D eigenvalue weighted by Gasteiger charge is 2.22. The van der Waals surface area contributed by atoms with Crippen molar-refractivity contribution in [2.45, 2.75) is 0 Å². The van der Waals surface area contributed by atoms with Crippen molar-refractivity contribution in [3.63, 3.8) is 0 Å². The minimum absolute atomic E-state index is 1.08. The molecule has 11 aromatic rings. The van der Waals surface area contributed by atoms with Gasteiger partial charge in [0.25, 0.3) is 0 Å². The van der Waals surface area contributed by atoms with E-state index < -0.39 is 0 Å². The maximum absolute atomic E-state index is 2.47. The lowest BCUT2D eigenvalue weighted by Crippen LogP contribution is -2.12. The molecule has 61 heavy (non-hydrogen) atoms. The summed E-state index contributed by atoms with van der Waals surface area (Å²) >= 11 is 0. The van der Waals surface area contributed by atoms with Gasteiger partial charge in [0.1, 0.15) is 0 Å². The van der Waals surface area contributed by atoms with E-state index in [4.69, 9.17) is 0 Å². The first-order valence-corrected chi connectivity index (χ1v) is 21.0. The molecule has 1 nitrogen and oxygen atoms in total. The molecule has 0 spiro atoms. The Labute approximate surface area is 357 Å². The molecule has 0 aliphatic heterocycles. The molecule has 0 atom stereocenters. The first-order valence-electron chi connectivity index (χ1n) is 21.0. The second-order valence-corrected chi connectivity index (χ2v) is 15.7. The van der Waals surface area contributed by atoms with E-state index in [1.165, 1.54) is 60.1 Å². The summed E-state index contributed by atoms with van der Waals surface area (Å²) in [6.07, 6.45) is 0. The molecule has 0 aromatic heterocycles. The van der Waals surface area contributed by atoms with Gasteiger partial charge >= 0.3 is 0 Å². The molecule has 286 valence electrons. The Bertz CT molecular complexity index is 3330. The summed E-state index contributed by atoms with van der Waals surface area (Å²) in [4.78, 5) is 2.47. The van der Waals surface area contributed by atoms with Crippen molar-refractivity contribution >= 4 is 49.4 Å². The summed E-state index contributed by atoms with van der Waals surface area (Å²) in [5.41, 5.74) is 15.1. The van der Waals surface area contributed by atoms with E-state index in [0.29, 0.717) is 0 Å². The second kappa shape index (κ2) is 15.6. The summed E-state index contributed by atoms with van der Waals surface area (Å²) in [5.74, 6) is 0. The Morgan fingerprint density at radius 3 is 1.46 bits per heavy atom. The van der Waals surface area contributed by atoms with Gasteiger partial charge < -0.3 is 4.90 Å². The van der Waals surface area contributed by atoms with Gasteiger partial charge in [0.05, 0.1) is 11.4 Å². The standard InChI is InChI=1S/C60H41N/c1-3-15-42(16-4-1)44-27-30-46(31-28-44)54-23-13-14-26-59(54)61(52-36-33-47(34-37-52)58-40-51-21-9-10-22-53(51)56-24-11-12-25-57(56)58)60-41-50(35-38-55(60)45-18-5-2-6-19-45)49-32-29-43-17-7-8-20-48(43)39-49/h1-41H. The van der Waals surface area contributed by atoms with Crippen LogP contribution < -0.4 is 4.90 Å². The van der Waals surface area contributed by atoms with Crippen LogP contribution in [0.5, 0.6) is 0 Å². The normalized spacial score (nSPS) is 11.3. The molecular formula is C60H41N. The molecule has 0 bridgehead atoms. The van der Waals surface area contributed by atoms with E-state index in [1.54, 1.807) is 0 Å². The third kappa shape index (κ3) is 6.83. The smallest absolute Gasteiger partial charge is 0.0546 e. The number of hydrogen-bond acceptors (Lipinski definition) is 1. The van der Waals surface area contributed by atoms with Crippen LogP contribution in [0.1, 0.15) is 0 Å². The summed E-state index contributed by atoms with van der Waals surface area (Å²) in [6.45, 7) is 0. The fraction of sp³-hybridized carbons (Fsp3) is 0. The van der Waals surface area contributed by atoms with Gasteiger partial charge in [-0.1, -0.05) is 212 Å². The fourth-order valence-corrected chi connectivity index (χ4v) is 9.00. The topological polar surface area (TPSA) is 3.24 Å². The zero-order valence-electron chi connectivity index (χ0n) is 33.6. The van der Waals surface area contributed by atoms with Gasteiger partial charge in [-0.3, -0.25) is 0 Å². The van der Waals surface area contributed by atoms with E-state index >= 15 is 0 Å². The van der Waals surface area contributed by atoms with Crippen molar-refractivity contribution in [3.05, 3.63) is 249 Å². The van der Waals surface area contributed by atoms with Gasteiger partial charge in [0.15, 0.2) is 0 Å². The Kier molecular flexibility index (Phi) is 9.26. The quantitative estimate of drug-likeness (QED) is 0.139. The number of rotatable bonds is 8. The molecular weight excluding hydrogens is 735 g/mol. The molecule has 11 aromatic carbocycles. The Balaban J connectivity index is 1.12. The molecule has 0 unspecified atom stereocenters. The van der Waals surface area contributed by atoms with Crippen LogP contribution in [0, 0.1) is 0 Å². The molecule has 0 saturated carbocycles. The SMILES string of the molecule is c1ccc(-c2ccc(-c3ccccc3N(c3ccc(-c4cc5ccccc5c5ccccc45)cc3)c3cc(-c4ccc5ccccc5c4)ccc3-c3ccccc3)cc2)cc1. The van der Waals surface area contributed by atoms with Gasteiger partial charge in [-0.25, -0.2) is 0 Å². The first kappa shape index (κ1) is 36.1. The van der Waals surface area contributed by atoms with Crippen molar-refractivity contribution in [2.24, 2.45) is 0 Å². The lowest BCUT2D eigenvalue weighted by atomic mass is 9.92. The van der Waals surface area contributed by atoms with Crippen molar-refractivity contribution in [3.8, 4) is 55.6 Å². The highest BCUT2D eigenvalue weighted by atomic mass is 15.1. The Morgan fingerprint density at radius 2 is 0.689 bits per heavy atom. The highest BCUT2D eigenvalue weighted by molar-refractivity contribution is 6.14. The zero-order chi connectivity index (χ0) is 40.5. The molecule has 0 aliphatic carbocycles. The van der Waals surface area contributed by atoms with Crippen molar-refractivity contribution < 1.29 is 0 Å². The zero-order valence-corrected chi connectivity index (χ0v) is 33.6. The molecule has 0 amide bonds. The maximum Gasteiger partial charge on any atom is 0.0546 e. The second-order valence-electron chi connectivity index (χ2n) is 15.7. The van der Waals surface area contributed by atoms with Gasteiger partial charge in [-0.2, -0.15) is 0 Å². The van der Waals surface area contributed by atoms with Crippen molar-refractivity contribution in [2.75, 3.05) is 4.90 Å². The van der Waals surface area contributed by atoms with Crippen LogP contribution in [0.3, 0.4) is 0 Å². The van der Waals surface area contributed by atoms with Gasteiger partial charge in [0.2, 0.25) is 0 Å². The van der Waals surface area contributed by atoms with Crippen molar-refractivity contribution in [1.29, 1.82) is 0 Å². The largest absolute Gasteiger partial charge is 0.309 e. The highest BCUT2D eigenvalue weighted by Crippen LogP contribution is 2.47. The summed E-state index contributed by atoms with van der Waals surface area (Å²) < 4.78 is 0. The number of hydrogen-bond donors (Lipinski definition) is 0. The molecule has 0 N–H and O–H groups in total. The molecule has 11 rings (SSSR count). The first-order chi connectivity index (χ1) is 30.2. The minimum atomic E-state index is 1.08. The van der Waals surface area contributed by atoms with Gasteiger partial charge in [-0.05, 0) is 113 Å². The predicted molar refractivity (Wildman–Crippen MR) is 261 cm³/mol. The molecule has 0 radical (unpaired) electrons. The molecule has 0 aliphatic rings. The van der Waals surface area contributed by atoms with Crippen LogP contribution in [0.4, 0.5) is 17.1 Å². The monoisotopic (exact) mass is 775 g/mol. The summed E-state index contributed by atoms with van der Waals surface area (Å²) in [6, 6.07) is 90.6. The molecule has 0 fully saturated rings. The van der Waals surface area contributed by atoms with Crippen LogP contribution in [-0.2, 0) is 0 Å². The van der Waals surface area contributed by atoms with Crippen LogP contribution in [-0.4, -0.2) is 0 Å². The molecule has 0 heterocycles. The maximum atomic E-state index is 2.47. The van der Waals surface area contributed by atoms with Gasteiger partial charge in [0, 0.05) is 16.8 Å². The van der Waals surface area contributed by atoms with Gasteiger partial charge in [-0.15, -0.1) is 0 Å². The number of anilines is 3. The molecule has 1 heteroatoms. The average Bonchev–Trinajstić information content (AvgIpc) is 3.35. The van der Waals surface area contributed by atoms with Crippen LogP contribution >= 0.6 is 0 Å². The number of nitrogens with zero attached hydrogens (tertiary/aromatic N) is 1. The Morgan fingerprint density at radius 1 is 0.213 bits per heavy atom. The fourth-order valence-electron chi connectivity index (χ4n) is 9.00. The third-order valence-corrected chi connectivity index (χ3v) is 12.1. The van der Waals surface area contributed by atoms with E-state index in [-0.39, 0.29) is 0 Å². The van der Waals surface area contributed by atoms with E-state index in [0.717, 1.165) is 44.9 Å². The lowest BCUT2D eigenvalue weighted by molar-refractivity contribution is 1.28. The number of para-hydroxylation sites is 1. The molecule has 0 saturated heterocycles. The summed E-state index contributed by atoms with van der Waals surface area (Å²) in [5, 5.41) is 7.51. The predicted octanol–water partition coefficient (Wildman–Crippen LogP) is 17.0. The van der Waals surface area contributed by atoms with Crippen LogP contribution in [0.25, 0.3) is 88.0 Å². The number of fused-ring (bicyclic) bond motifs is 4. The lowest BCUT2D eigenvalue weighted by Gasteiger charge is -2.30.